The fraction of sp³-hybridized carbons (Fsp3) is 0.250. The Morgan fingerprint density at radius 2 is 2.07 bits per heavy atom. The molecule has 0 aliphatic carbocycles. The van der Waals surface area contributed by atoms with Crippen LogP contribution in [-0.2, 0) is 14.3 Å². The molecule has 0 aromatic carbocycles. The average Bonchev–Trinajstić information content (AvgIpc) is 2.13. The summed E-state index contributed by atoms with van der Waals surface area (Å²) in [5.74, 6) is -2.42. The molecule has 6 nitrogen and oxygen atoms in total. The smallest absolute Gasteiger partial charge is 0.357 e. The van der Waals surface area contributed by atoms with E-state index >= 15 is 0 Å². The Kier molecular flexibility index (Phi) is 4.61. The molecule has 0 saturated carbocycles. The van der Waals surface area contributed by atoms with E-state index < -0.39 is 23.6 Å². The van der Waals surface area contributed by atoms with Crippen molar-refractivity contribution in [2.75, 3.05) is 0 Å². The molecule has 6 heteroatoms. The van der Waals surface area contributed by atoms with Gasteiger partial charge in [0, 0.05) is 6.08 Å². The maximum absolute atomic E-state index is 10.9. The van der Waals surface area contributed by atoms with Crippen LogP contribution in [0.15, 0.2) is 11.6 Å². The molecule has 0 saturated heterocycles. The fourth-order valence-corrected chi connectivity index (χ4v) is 0.433. The molecule has 0 amide bonds. The SMILES string of the molecule is CC(O)C(=O)OC(=O)C(C#N)=CC#N. The van der Waals surface area contributed by atoms with E-state index in [1.165, 1.54) is 12.1 Å². The number of allylic oxidation sites excluding steroid dienone is 1. The predicted molar refractivity (Wildman–Crippen MR) is 42.1 cm³/mol. The van der Waals surface area contributed by atoms with E-state index in [1.54, 1.807) is 0 Å². The van der Waals surface area contributed by atoms with E-state index in [-0.39, 0.29) is 0 Å². The van der Waals surface area contributed by atoms with E-state index in [0.717, 1.165) is 6.92 Å². The third kappa shape index (κ3) is 3.48. The number of nitrogens with zero attached hydrogens (tertiary/aromatic N) is 2. The van der Waals surface area contributed by atoms with Crippen molar-refractivity contribution in [2.24, 2.45) is 0 Å². The average molecular weight is 194 g/mol. The molecule has 0 rings (SSSR count). The van der Waals surface area contributed by atoms with E-state index in [1.807, 2.05) is 0 Å². The fourth-order valence-electron chi connectivity index (χ4n) is 0.433. The standard InChI is InChI=1S/C8H6N2O4/c1-5(11)7(12)14-8(13)6(4-10)2-3-9/h2,5,11H,1H3. The molecule has 14 heavy (non-hydrogen) atoms. The minimum atomic E-state index is -1.46. The van der Waals surface area contributed by atoms with Gasteiger partial charge >= 0.3 is 11.9 Å². The van der Waals surface area contributed by atoms with Gasteiger partial charge in [-0.15, -0.1) is 0 Å². The molecule has 0 fully saturated rings. The summed E-state index contributed by atoms with van der Waals surface area (Å²) in [7, 11) is 0. The topological polar surface area (TPSA) is 111 Å². The summed E-state index contributed by atoms with van der Waals surface area (Å²) in [4.78, 5) is 21.5. The number of ether oxygens (including phenoxy) is 1. The zero-order valence-electron chi connectivity index (χ0n) is 7.22. The minimum absolute atomic E-state index is 0.596. The zero-order valence-corrected chi connectivity index (χ0v) is 7.22. The van der Waals surface area contributed by atoms with Gasteiger partial charge in [0.2, 0.25) is 0 Å². The number of hydrogen-bond donors (Lipinski definition) is 1. The van der Waals surface area contributed by atoms with Gasteiger partial charge in [0.1, 0.15) is 17.7 Å². The number of hydrogen-bond acceptors (Lipinski definition) is 6. The van der Waals surface area contributed by atoms with Crippen LogP contribution >= 0.6 is 0 Å². The molecule has 1 N–H and O–H groups in total. The van der Waals surface area contributed by atoms with Gasteiger partial charge in [-0.3, -0.25) is 0 Å². The first-order valence-electron chi connectivity index (χ1n) is 3.47. The van der Waals surface area contributed by atoms with Crippen LogP contribution in [0.5, 0.6) is 0 Å². The maximum atomic E-state index is 10.9. The van der Waals surface area contributed by atoms with Crippen LogP contribution in [-0.4, -0.2) is 23.1 Å². The van der Waals surface area contributed by atoms with Gasteiger partial charge in [-0.25, -0.2) is 9.59 Å². The van der Waals surface area contributed by atoms with Gasteiger partial charge in [0.05, 0.1) is 6.07 Å². The van der Waals surface area contributed by atoms with E-state index in [4.69, 9.17) is 15.6 Å². The van der Waals surface area contributed by atoms with Crippen LogP contribution in [0.1, 0.15) is 6.92 Å². The molecule has 0 aromatic rings. The summed E-state index contributed by atoms with van der Waals surface area (Å²) in [6.45, 7) is 1.11. The predicted octanol–water partition coefficient (Wildman–Crippen LogP) is -0.589. The van der Waals surface area contributed by atoms with Crippen molar-refractivity contribution in [3.8, 4) is 12.1 Å². The van der Waals surface area contributed by atoms with Crippen molar-refractivity contribution >= 4 is 11.9 Å². The third-order valence-electron chi connectivity index (χ3n) is 1.08. The number of rotatable bonds is 2. The summed E-state index contributed by atoms with van der Waals surface area (Å²) in [5, 5.41) is 25.1. The number of nitriles is 2. The van der Waals surface area contributed by atoms with Crippen LogP contribution < -0.4 is 0 Å². The van der Waals surface area contributed by atoms with Crippen molar-refractivity contribution in [1.29, 1.82) is 10.5 Å². The lowest BCUT2D eigenvalue weighted by atomic mass is 10.3. The van der Waals surface area contributed by atoms with E-state index in [9.17, 15) is 9.59 Å². The summed E-state index contributed by atoms with van der Waals surface area (Å²) in [5.41, 5.74) is -0.596. The monoisotopic (exact) mass is 194 g/mol. The Hall–Kier alpha value is -2.18. The highest BCUT2D eigenvalue weighted by atomic mass is 16.6. The van der Waals surface area contributed by atoms with Crippen LogP contribution in [0.3, 0.4) is 0 Å². The molecule has 1 unspecified atom stereocenters. The highest BCUT2D eigenvalue weighted by molar-refractivity contribution is 6.00. The lowest BCUT2D eigenvalue weighted by molar-refractivity contribution is -0.162. The molecule has 0 spiro atoms. The Bertz CT molecular complexity index is 357. The Labute approximate surface area is 79.6 Å². The Balaban J connectivity index is 4.53. The minimum Gasteiger partial charge on any atom is -0.387 e. The molecule has 0 aliphatic heterocycles. The van der Waals surface area contributed by atoms with Gasteiger partial charge in [-0.05, 0) is 6.92 Å². The number of esters is 2. The Morgan fingerprint density at radius 3 is 2.43 bits per heavy atom. The molecule has 72 valence electrons. The third-order valence-corrected chi connectivity index (χ3v) is 1.08. The van der Waals surface area contributed by atoms with Gasteiger partial charge in [0.15, 0.2) is 0 Å². The second-order valence-electron chi connectivity index (χ2n) is 2.18. The summed E-state index contributed by atoms with van der Waals surface area (Å²) in [6.07, 6.45) is -0.807. The maximum Gasteiger partial charge on any atom is 0.357 e. The lowest BCUT2D eigenvalue weighted by Crippen LogP contribution is -2.23. The highest BCUT2D eigenvalue weighted by Crippen LogP contribution is 1.98. The van der Waals surface area contributed by atoms with Gasteiger partial charge in [0.25, 0.3) is 0 Å². The second-order valence-corrected chi connectivity index (χ2v) is 2.18. The van der Waals surface area contributed by atoms with Crippen molar-refractivity contribution in [3.63, 3.8) is 0 Å². The van der Waals surface area contributed by atoms with Crippen LogP contribution in [0, 0.1) is 22.7 Å². The summed E-state index contributed by atoms with van der Waals surface area (Å²) >= 11 is 0. The molecule has 0 aromatic heterocycles. The first-order valence-corrected chi connectivity index (χ1v) is 3.47. The molecular formula is C8H6N2O4. The van der Waals surface area contributed by atoms with Crippen molar-refractivity contribution in [3.05, 3.63) is 11.6 Å². The molecule has 0 radical (unpaired) electrons. The largest absolute Gasteiger partial charge is 0.387 e. The van der Waals surface area contributed by atoms with Crippen LogP contribution in [0.25, 0.3) is 0 Å². The number of aliphatic hydroxyl groups excluding tert-OH is 1. The number of aliphatic hydroxyl groups is 1. The number of carbonyl (C=O) groups excluding carboxylic acids is 2. The first-order chi connectivity index (χ1) is 6.52. The van der Waals surface area contributed by atoms with Gasteiger partial charge < -0.3 is 9.84 Å². The molecular weight excluding hydrogens is 188 g/mol. The van der Waals surface area contributed by atoms with Crippen LogP contribution in [0.2, 0.25) is 0 Å². The summed E-state index contributed by atoms with van der Waals surface area (Å²) in [6, 6.07) is 2.82. The highest BCUT2D eigenvalue weighted by Gasteiger charge is 2.18. The molecule has 0 bridgehead atoms. The van der Waals surface area contributed by atoms with Crippen molar-refractivity contribution < 1.29 is 19.4 Å². The first kappa shape index (κ1) is 11.8. The van der Waals surface area contributed by atoms with E-state index in [2.05, 4.69) is 4.74 Å². The van der Waals surface area contributed by atoms with Gasteiger partial charge in [-0.1, -0.05) is 0 Å². The molecule has 1 atom stereocenters. The van der Waals surface area contributed by atoms with Crippen molar-refractivity contribution in [1.82, 2.24) is 0 Å². The van der Waals surface area contributed by atoms with E-state index in [0.29, 0.717) is 6.08 Å². The molecule has 0 aliphatic rings. The lowest BCUT2D eigenvalue weighted by Gasteiger charge is -2.02. The zero-order chi connectivity index (χ0) is 11.1. The number of carbonyl (C=O) groups is 2. The Morgan fingerprint density at radius 1 is 1.50 bits per heavy atom. The van der Waals surface area contributed by atoms with Crippen molar-refractivity contribution in [2.45, 2.75) is 13.0 Å². The quantitative estimate of drug-likeness (QED) is 0.272. The normalized spacial score (nSPS) is 12.1. The van der Waals surface area contributed by atoms with Crippen LogP contribution in [0.4, 0.5) is 0 Å². The molecule has 0 heterocycles. The van der Waals surface area contributed by atoms with Gasteiger partial charge in [-0.2, -0.15) is 10.5 Å². The second kappa shape index (κ2) is 5.46. The summed E-state index contributed by atoms with van der Waals surface area (Å²) < 4.78 is 4.05.